The van der Waals surface area contributed by atoms with Gasteiger partial charge in [0.15, 0.2) is 0 Å². The standard InChI is InChI=1S/C28H28N2O3/c1-6-33-24-13-8-7-12-23(24)30-27(31)25(21-15-14-17(2)19(4)16-21)26(28(30)32)29-22-11-9-10-18(3)20(22)5/h7-16,29H,6H2,1-5H3. The van der Waals surface area contributed by atoms with Crippen molar-refractivity contribution in [3.63, 3.8) is 0 Å². The molecule has 1 heterocycles. The van der Waals surface area contributed by atoms with E-state index in [4.69, 9.17) is 4.74 Å². The molecule has 0 bridgehead atoms. The van der Waals surface area contributed by atoms with Gasteiger partial charge in [-0.2, -0.15) is 0 Å². The number of nitrogens with zero attached hydrogens (tertiary/aromatic N) is 1. The zero-order valence-electron chi connectivity index (χ0n) is 19.7. The van der Waals surface area contributed by atoms with E-state index in [1.807, 2.05) is 77.1 Å². The van der Waals surface area contributed by atoms with Crippen molar-refractivity contribution in [3.8, 4) is 5.75 Å². The first kappa shape index (κ1) is 22.3. The Balaban J connectivity index is 1.88. The van der Waals surface area contributed by atoms with E-state index in [0.29, 0.717) is 29.2 Å². The van der Waals surface area contributed by atoms with Gasteiger partial charge in [0.1, 0.15) is 11.4 Å². The summed E-state index contributed by atoms with van der Waals surface area (Å²) in [5.74, 6) is -0.279. The van der Waals surface area contributed by atoms with Crippen LogP contribution in [0, 0.1) is 27.7 Å². The molecule has 33 heavy (non-hydrogen) atoms. The SMILES string of the molecule is CCOc1ccccc1N1C(=O)C(Nc2cccc(C)c2C)=C(c2ccc(C)c(C)c2)C1=O. The van der Waals surface area contributed by atoms with Crippen LogP contribution in [0.1, 0.15) is 34.7 Å². The number of amides is 2. The molecule has 1 N–H and O–H groups in total. The molecule has 4 rings (SSSR count). The van der Waals surface area contributed by atoms with Crippen molar-refractivity contribution < 1.29 is 14.3 Å². The number of hydrogen-bond acceptors (Lipinski definition) is 4. The number of anilines is 2. The molecule has 0 aromatic heterocycles. The maximum atomic E-state index is 13.8. The Morgan fingerprint density at radius 1 is 0.818 bits per heavy atom. The summed E-state index contributed by atoms with van der Waals surface area (Å²) in [6.07, 6.45) is 0. The molecule has 0 atom stereocenters. The van der Waals surface area contributed by atoms with Gasteiger partial charge >= 0.3 is 0 Å². The number of aryl methyl sites for hydroxylation is 3. The number of hydrogen-bond donors (Lipinski definition) is 1. The molecule has 0 aliphatic carbocycles. The maximum Gasteiger partial charge on any atom is 0.282 e. The van der Waals surface area contributed by atoms with Gasteiger partial charge < -0.3 is 10.1 Å². The van der Waals surface area contributed by atoms with E-state index in [2.05, 4.69) is 5.32 Å². The fourth-order valence-corrected chi connectivity index (χ4v) is 3.97. The molecule has 0 fully saturated rings. The maximum absolute atomic E-state index is 13.8. The van der Waals surface area contributed by atoms with Crippen LogP contribution in [-0.2, 0) is 9.59 Å². The Morgan fingerprint density at radius 2 is 1.58 bits per heavy atom. The molecule has 3 aromatic rings. The molecule has 1 aliphatic rings. The molecule has 5 nitrogen and oxygen atoms in total. The van der Waals surface area contributed by atoms with Crippen LogP contribution in [0.15, 0.2) is 66.4 Å². The summed E-state index contributed by atoms with van der Waals surface area (Å²) in [5, 5.41) is 3.29. The first-order valence-electron chi connectivity index (χ1n) is 11.1. The van der Waals surface area contributed by atoms with E-state index in [1.54, 1.807) is 18.2 Å². The predicted octanol–water partition coefficient (Wildman–Crippen LogP) is 5.72. The number of carbonyl (C=O) groups excluding carboxylic acids is 2. The number of carbonyl (C=O) groups is 2. The van der Waals surface area contributed by atoms with Crippen molar-refractivity contribution in [3.05, 3.63) is 94.2 Å². The van der Waals surface area contributed by atoms with Crippen LogP contribution in [0.4, 0.5) is 11.4 Å². The third-order valence-electron chi connectivity index (χ3n) is 6.15. The highest BCUT2D eigenvalue weighted by atomic mass is 16.5. The Kier molecular flexibility index (Phi) is 6.05. The van der Waals surface area contributed by atoms with Crippen molar-refractivity contribution in [2.45, 2.75) is 34.6 Å². The van der Waals surface area contributed by atoms with Gasteiger partial charge in [-0.25, -0.2) is 4.90 Å². The minimum atomic E-state index is -0.402. The number of ether oxygens (including phenoxy) is 1. The molecule has 0 unspecified atom stereocenters. The molecule has 0 spiro atoms. The molecule has 5 heteroatoms. The summed E-state index contributed by atoms with van der Waals surface area (Å²) in [4.78, 5) is 28.7. The minimum absolute atomic E-state index is 0.267. The summed E-state index contributed by atoms with van der Waals surface area (Å²) in [7, 11) is 0. The molecule has 0 saturated carbocycles. The normalized spacial score (nSPS) is 13.7. The molecule has 1 aliphatic heterocycles. The van der Waals surface area contributed by atoms with Gasteiger partial charge in [-0.15, -0.1) is 0 Å². The summed E-state index contributed by atoms with van der Waals surface area (Å²) < 4.78 is 5.73. The van der Waals surface area contributed by atoms with E-state index >= 15 is 0 Å². The third-order valence-corrected chi connectivity index (χ3v) is 6.15. The second-order valence-electron chi connectivity index (χ2n) is 8.27. The molecular weight excluding hydrogens is 412 g/mol. The molecule has 2 amide bonds. The van der Waals surface area contributed by atoms with Crippen LogP contribution in [0.2, 0.25) is 0 Å². The average molecular weight is 441 g/mol. The highest BCUT2D eigenvalue weighted by molar-refractivity contribution is 6.46. The van der Waals surface area contributed by atoms with Gasteiger partial charge in [0.25, 0.3) is 11.8 Å². The van der Waals surface area contributed by atoms with Crippen molar-refractivity contribution in [2.75, 3.05) is 16.8 Å². The average Bonchev–Trinajstić information content (AvgIpc) is 3.03. The Labute approximate surface area is 194 Å². The second-order valence-corrected chi connectivity index (χ2v) is 8.27. The van der Waals surface area contributed by atoms with Gasteiger partial charge in [-0.1, -0.05) is 42.5 Å². The Hall–Kier alpha value is -3.86. The van der Waals surface area contributed by atoms with E-state index in [9.17, 15) is 9.59 Å². The van der Waals surface area contributed by atoms with Crippen molar-refractivity contribution >= 4 is 28.8 Å². The monoisotopic (exact) mass is 440 g/mol. The van der Waals surface area contributed by atoms with Crippen LogP contribution < -0.4 is 15.0 Å². The fourth-order valence-electron chi connectivity index (χ4n) is 3.97. The van der Waals surface area contributed by atoms with Crippen LogP contribution in [-0.4, -0.2) is 18.4 Å². The zero-order chi connectivity index (χ0) is 23.7. The van der Waals surface area contributed by atoms with Crippen LogP contribution in [0.5, 0.6) is 5.75 Å². The Morgan fingerprint density at radius 3 is 2.30 bits per heavy atom. The number of benzene rings is 3. The van der Waals surface area contributed by atoms with Crippen LogP contribution in [0.25, 0.3) is 5.57 Å². The second kappa shape index (κ2) is 8.94. The number of imide groups is 1. The van der Waals surface area contributed by atoms with Gasteiger partial charge in [0.2, 0.25) is 0 Å². The van der Waals surface area contributed by atoms with Crippen molar-refractivity contribution in [1.29, 1.82) is 0 Å². The highest BCUT2D eigenvalue weighted by Crippen LogP contribution is 2.38. The first-order valence-corrected chi connectivity index (χ1v) is 11.1. The summed E-state index contributed by atoms with van der Waals surface area (Å²) in [6.45, 7) is 10.3. The summed E-state index contributed by atoms with van der Waals surface area (Å²) in [5.41, 5.74) is 6.87. The Bertz CT molecular complexity index is 1290. The lowest BCUT2D eigenvalue weighted by Crippen LogP contribution is -2.32. The number of rotatable bonds is 6. The summed E-state index contributed by atoms with van der Waals surface area (Å²) >= 11 is 0. The van der Waals surface area contributed by atoms with Crippen LogP contribution >= 0.6 is 0 Å². The van der Waals surface area contributed by atoms with E-state index < -0.39 is 5.91 Å². The van der Waals surface area contributed by atoms with E-state index in [0.717, 1.165) is 27.9 Å². The topological polar surface area (TPSA) is 58.6 Å². The zero-order valence-corrected chi connectivity index (χ0v) is 19.7. The van der Waals surface area contributed by atoms with Crippen molar-refractivity contribution in [2.24, 2.45) is 0 Å². The molecule has 3 aromatic carbocycles. The van der Waals surface area contributed by atoms with E-state index in [1.165, 1.54) is 4.90 Å². The third kappa shape index (κ3) is 4.02. The first-order chi connectivity index (χ1) is 15.8. The summed E-state index contributed by atoms with van der Waals surface area (Å²) in [6, 6.07) is 18.8. The minimum Gasteiger partial charge on any atom is -0.492 e. The van der Waals surface area contributed by atoms with Crippen molar-refractivity contribution in [1.82, 2.24) is 0 Å². The smallest absolute Gasteiger partial charge is 0.282 e. The van der Waals surface area contributed by atoms with E-state index in [-0.39, 0.29) is 11.6 Å². The van der Waals surface area contributed by atoms with Gasteiger partial charge in [-0.05, 0) is 80.6 Å². The van der Waals surface area contributed by atoms with Gasteiger partial charge in [0.05, 0.1) is 17.9 Å². The lowest BCUT2D eigenvalue weighted by atomic mass is 9.99. The van der Waals surface area contributed by atoms with Gasteiger partial charge in [0, 0.05) is 5.69 Å². The number of para-hydroxylation sites is 2. The lowest BCUT2D eigenvalue weighted by Gasteiger charge is -2.19. The molecule has 168 valence electrons. The fraction of sp³-hybridized carbons (Fsp3) is 0.214. The lowest BCUT2D eigenvalue weighted by molar-refractivity contribution is -0.120. The quantitative estimate of drug-likeness (QED) is 0.499. The predicted molar refractivity (Wildman–Crippen MR) is 132 cm³/mol. The molecule has 0 radical (unpaired) electrons. The largest absolute Gasteiger partial charge is 0.492 e. The van der Waals surface area contributed by atoms with Gasteiger partial charge in [-0.3, -0.25) is 9.59 Å². The van der Waals surface area contributed by atoms with Crippen LogP contribution in [0.3, 0.4) is 0 Å². The molecule has 0 saturated heterocycles. The number of nitrogens with one attached hydrogen (secondary N) is 1. The molecular formula is C28H28N2O3. The highest BCUT2D eigenvalue weighted by Gasteiger charge is 2.41.